The second-order valence-corrected chi connectivity index (χ2v) is 11.8. The molecular weight excluding hydrogens is 760 g/mol. The Morgan fingerprint density at radius 1 is 0.544 bits per heavy atom. The van der Waals surface area contributed by atoms with Crippen LogP contribution < -0.4 is 10.2 Å². The van der Waals surface area contributed by atoms with Gasteiger partial charge in [0.15, 0.2) is 0 Å². The number of aliphatic imine (C=N–C) groups is 2. The molecule has 0 amide bonds. The van der Waals surface area contributed by atoms with Gasteiger partial charge in [-0.05, 0) is 83.3 Å². The molecule has 10 nitrogen and oxygen atoms in total. The van der Waals surface area contributed by atoms with Crippen LogP contribution in [0.5, 0.6) is 0 Å². The summed E-state index contributed by atoms with van der Waals surface area (Å²) in [7, 11) is 0. The van der Waals surface area contributed by atoms with Crippen molar-refractivity contribution < 1.29 is 46.3 Å². The van der Waals surface area contributed by atoms with E-state index >= 15 is 0 Å². The van der Waals surface area contributed by atoms with Gasteiger partial charge in [-0.1, -0.05) is 98.8 Å². The van der Waals surface area contributed by atoms with Gasteiger partial charge in [0.05, 0.1) is 35.7 Å². The summed E-state index contributed by atoms with van der Waals surface area (Å²) in [5.41, 5.74) is 5.13. The average molecular weight is 803 g/mol. The topological polar surface area (TPSA) is 149 Å². The maximum absolute atomic E-state index is 12.0. The minimum absolute atomic E-state index is 0. The maximum atomic E-state index is 12.0. The van der Waals surface area contributed by atoms with E-state index in [1.54, 1.807) is 26.0 Å². The van der Waals surface area contributed by atoms with Gasteiger partial charge >= 0.3 is 29.0 Å². The number of allylic oxidation sites excluding steroid dienone is 2. The van der Waals surface area contributed by atoms with Gasteiger partial charge in [0, 0.05) is 37.2 Å². The molecule has 6 aromatic rings. The molecule has 0 N–H and O–H groups in total. The van der Waals surface area contributed by atoms with E-state index < -0.39 is 23.5 Å². The molecule has 0 radical (unpaired) electrons. The van der Waals surface area contributed by atoms with Crippen molar-refractivity contribution in [3.05, 3.63) is 169 Å². The molecule has 2 heterocycles. The number of hydrogen-bond donors (Lipinski definition) is 0. The van der Waals surface area contributed by atoms with Crippen LogP contribution in [0.15, 0.2) is 179 Å². The van der Waals surface area contributed by atoms with Crippen LogP contribution in [0.3, 0.4) is 0 Å². The Hall–Kier alpha value is -6.68. The summed E-state index contributed by atoms with van der Waals surface area (Å²) < 4.78 is 9.80. The molecule has 0 unspecified atom stereocenters. The summed E-state index contributed by atoms with van der Waals surface area (Å²) in [6.45, 7) is 5.99. The zero-order valence-electron chi connectivity index (χ0n) is 32.0. The summed E-state index contributed by atoms with van der Waals surface area (Å²) in [6, 6.07) is 39.5. The van der Waals surface area contributed by atoms with Crippen molar-refractivity contribution in [2.75, 3.05) is 13.2 Å². The van der Waals surface area contributed by atoms with E-state index in [0.717, 1.165) is 23.2 Å². The third-order valence-corrected chi connectivity index (χ3v) is 7.83. The molecule has 0 aliphatic rings. The number of hydrogen-bond acceptors (Lipinski definition) is 10. The number of rotatable bonds is 10. The number of nitrogens with zero attached hydrogens (tertiary/aromatic N) is 4. The molecule has 2 aromatic heterocycles. The van der Waals surface area contributed by atoms with Crippen molar-refractivity contribution in [1.82, 2.24) is 9.97 Å². The van der Waals surface area contributed by atoms with Crippen molar-refractivity contribution in [3.8, 4) is 22.3 Å². The molecule has 290 valence electrons. The van der Waals surface area contributed by atoms with Gasteiger partial charge < -0.3 is 19.7 Å². The Bertz CT molecular complexity index is 2050. The Morgan fingerprint density at radius 3 is 1.18 bits per heavy atom. The van der Waals surface area contributed by atoms with E-state index in [9.17, 15) is 19.8 Å². The van der Waals surface area contributed by atoms with E-state index in [2.05, 4.69) is 44.2 Å². The number of carbonyl (C=O) groups excluding carboxylic acids is 2. The number of ether oxygens (including phenoxy) is 2. The fraction of sp³-hybridized carbons (Fsp3) is 0.130. The normalized spacial score (nSPS) is 11.5. The largest absolute Gasteiger partial charge is 2.00 e. The van der Waals surface area contributed by atoms with Gasteiger partial charge in [-0.15, -0.1) is 11.5 Å². The first-order chi connectivity index (χ1) is 27.2. The second-order valence-electron chi connectivity index (χ2n) is 11.8. The standard InChI is InChI=1S/C24H26N2O6.2C11H9N.Fe/c1-5-31-23(29)19(15(3)27)13-25-21-11-17-9-7-8-10-18(17)12-22(21)26-14-20(16(4)28)24(30)32-6-2;2*1-2-4-10(5-3-1)11-6-8-12-9-7-11;/h7-14,27-28H,5-6H2,1-4H3;2*1-9H;/q;;;+2/p-2/b19-15+,20-16+,25-13?,26-14?;;;. The Labute approximate surface area is 343 Å². The number of esters is 2. The zero-order chi connectivity index (χ0) is 40.1. The SMILES string of the molecule is CCOC(=O)/C(C=Nc1cc2ccccc2cc1N=C/C(C(=O)OCC)=C(/C)[O-])=C(\C)[O-].[Fe+2].c1ccc(-c2ccncc2)cc1.c1ccc(-c2ccncc2)cc1. The van der Waals surface area contributed by atoms with Crippen LogP contribution in [0.25, 0.3) is 33.0 Å². The monoisotopic (exact) mass is 802 g/mol. The van der Waals surface area contributed by atoms with E-state index in [1.165, 1.54) is 36.1 Å². The van der Waals surface area contributed by atoms with E-state index in [0.29, 0.717) is 11.4 Å². The summed E-state index contributed by atoms with van der Waals surface area (Å²) >= 11 is 0. The first-order valence-corrected chi connectivity index (χ1v) is 17.8. The Balaban J connectivity index is 0.000000280. The molecule has 0 fully saturated rings. The van der Waals surface area contributed by atoms with E-state index in [4.69, 9.17) is 9.47 Å². The van der Waals surface area contributed by atoms with Gasteiger partial charge in [0.25, 0.3) is 0 Å². The van der Waals surface area contributed by atoms with Crippen LogP contribution in [0.1, 0.15) is 27.7 Å². The Morgan fingerprint density at radius 2 is 0.860 bits per heavy atom. The number of aromatic nitrogens is 2. The molecule has 6 rings (SSSR count). The van der Waals surface area contributed by atoms with E-state index in [1.807, 2.05) is 110 Å². The fourth-order valence-corrected chi connectivity index (χ4v) is 5.03. The molecule has 57 heavy (non-hydrogen) atoms. The molecule has 11 heteroatoms. The summed E-state index contributed by atoms with van der Waals surface area (Å²) in [5, 5.41) is 25.4. The minimum Gasteiger partial charge on any atom is -0.875 e. The predicted octanol–water partition coefficient (Wildman–Crippen LogP) is 8.13. The quantitative estimate of drug-likeness (QED) is 0.0443. The summed E-state index contributed by atoms with van der Waals surface area (Å²) in [4.78, 5) is 40.6. The van der Waals surface area contributed by atoms with Crippen LogP contribution >= 0.6 is 0 Å². The third-order valence-electron chi connectivity index (χ3n) is 7.83. The molecule has 0 bridgehead atoms. The number of carbonyl (C=O) groups is 2. The van der Waals surface area contributed by atoms with Gasteiger partial charge in [-0.2, -0.15) is 0 Å². The molecule has 0 aliphatic carbocycles. The number of benzene rings is 4. The minimum atomic E-state index is -0.774. The van der Waals surface area contributed by atoms with Gasteiger partial charge in [0.2, 0.25) is 0 Å². The summed E-state index contributed by atoms with van der Waals surface area (Å²) in [5.74, 6) is -2.53. The number of pyridine rings is 2. The van der Waals surface area contributed by atoms with Gasteiger partial charge in [-0.25, -0.2) is 9.59 Å². The Kier molecular flexibility index (Phi) is 18.8. The molecule has 4 aromatic carbocycles. The first-order valence-electron chi connectivity index (χ1n) is 17.8. The first kappa shape index (κ1) is 44.7. The zero-order valence-corrected chi connectivity index (χ0v) is 33.1. The van der Waals surface area contributed by atoms with Crippen LogP contribution in [0, 0.1) is 0 Å². The van der Waals surface area contributed by atoms with Crippen LogP contribution in [-0.4, -0.2) is 47.5 Å². The maximum Gasteiger partial charge on any atom is 2.00 e. The molecule has 0 spiro atoms. The van der Waals surface area contributed by atoms with Crippen LogP contribution in [0.2, 0.25) is 0 Å². The fourth-order valence-electron chi connectivity index (χ4n) is 5.03. The van der Waals surface area contributed by atoms with Crippen molar-refractivity contribution in [1.29, 1.82) is 0 Å². The smallest absolute Gasteiger partial charge is 0.875 e. The van der Waals surface area contributed by atoms with Crippen LogP contribution in [0.4, 0.5) is 11.4 Å². The molecule has 0 aliphatic heterocycles. The van der Waals surface area contributed by atoms with Gasteiger partial charge in [0.1, 0.15) is 0 Å². The molecule has 0 atom stereocenters. The van der Waals surface area contributed by atoms with Crippen molar-refractivity contribution in [3.63, 3.8) is 0 Å². The van der Waals surface area contributed by atoms with Crippen molar-refractivity contribution >= 4 is 46.5 Å². The molecule has 0 saturated heterocycles. The average Bonchev–Trinajstić information content (AvgIpc) is 3.23. The van der Waals surface area contributed by atoms with E-state index in [-0.39, 0.29) is 41.4 Å². The van der Waals surface area contributed by atoms with Crippen molar-refractivity contribution in [2.45, 2.75) is 27.7 Å². The van der Waals surface area contributed by atoms with Gasteiger partial charge in [-0.3, -0.25) is 20.0 Å². The third kappa shape index (κ3) is 14.2. The molecular formula is C46H42FeN4O6. The van der Waals surface area contributed by atoms with Crippen molar-refractivity contribution in [2.24, 2.45) is 9.98 Å². The second kappa shape index (κ2) is 24.0. The predicted molar refractivity (Wildman–Crippen MR) is 218 cm³/mol. The van der Waals surface area contributed by atoms with Crippen LogP contribution in [-0.2, 0) is 36.1 Å². The summed E-state index contributed by atoms with van der Waals surface area (Å²) in [6.07, 6.45) is 9.49. The number of fused-ring (bicyclic) bond motifs is 1. The molecule has 0 saturated carbocycles.